The van der Waals surface area contributed by atoms with Gasteiger partial charge in [-0.2, -0.15) is 0 Å². The summed E-state index contributed by atoms with van der Waals surface area (Å²) in [6.07, 6.45) is 18.6. The molecule has 160 valence electrons. The molecule has 0 unspecified atom stereocenters. The molecule has 0 N–H and O–H groups in total. The molecular weight excluding hydrogens is 483 g/mol. The van der Waals surface area contributed by atoms with Gasteiger partial charge in [-0.25, -0.2) is 0 Å². The van der Waals surface area contributed by atoms with Crippen molar-refractivity contribution in [3.63, 3.8) is 0 Å². The molecule has 6 nitrogen and oxygen atoms in total. The van der Waals surface area contributed by atoms with Crippen molar-refractivity contribution in [1.29, 1.82) is 0 Å². The number of rotatable bonds is 4. The number of allylic oxidation sites excluding steroid dienone is 12. The van der Waals surface area contributed by atoms with E-state index in [0.717, 1.165) is 15.9 Å². The van der Waals surface area contributed by atoms with Crippen LogP contribution in [0.15, 0.2) is 70.6 Å². The van der Waals surface area contributed by atoms with Crippen LogP contribution in [0.25, 0.3) is 0 Å². The van der Waals surface area contributed by atoms with Gasteiger partial charge >= 0.3 is 185 Å². The monoisotopic (exact) mass is 502 g/mol. The van der Waals surface area contributed by atoms with Crippen molar-refractivity contribution in [2.45, 2.75) is 19.3 Å². The van der Waals surface area contributed by atoms with Crippen LogP contribution in [0.1, 0.15) is 19.3 Å². The van der Waals surface area contributed by atoms with Crippen LogP contribution in [0, 0.1) is 0 Å². The number of hydrogen-bond acceptors (Lipinski definition) is 7. The standard InChI is InChI=1S/C19H19O6PS4/c1-27-26(14-5-2-8-17(11-14)28(20)21,15-6-3-9-18(12-15)29(22)23)16-7-4-10-19(13-16)30(24)25/h2-7,11-13,26H,8-10H2,1H3. The molecule has 0 fully saturated rings. The van der Waals surface area contributed by atoms with E-state index < -0.39 is 37.3 Å². The van der Waals surface area contributed by atoms with Crippen LogP contribution >= 0.6 is 17.8 Å². The van der Waals surface area contributed by atoms with E-state index in [1.807, 2.05) is 24.5 Å². The fourth-order valence-corrected chi connectivity index (χ4v) is 12.4. The van der Waals surface area contributed by atoms with Gasteiger partial charge in [0.15, 0.2) is 0 Å². The minimum atomic E-state index is -2.97. The van der Waals surface area contributed by atoms with Gasteiger partial charge < -0.3 is 0 Å². The van der Waals surface area contributed by atoms with E-state index in [0.29, 0.717) is 0 Å². The van der Waals surface area contributed by atoms with Crippen molar-refractivity contribution in [1.82, 2.24) is 0 Å². The van der Waals surface area contributed by atoms with Crippen LogP contribution < -0.4 is 0 Å². The summed E-state index contributed by atoms with van der Waals surface area (Å²) >= 11 is 1.52. The van der Waals surface area contributed by atoms with Crippen molar-refractivity contribution < 1.29 is 25.3 Å². The van der Waals surface area contributed by atoms with Crippen LogP contribution in [0.4, 0.5) is 0 Å². The Morgan fingerprint density at radius 1 is 0.633 bits per heavy atom. The molecule has 0 saturated carbocycles. The van der Waals surface area contributed by atoms with Gasteiger partial charge in [-0.1, -0.05) is 0 Å². The Hall–Kier alpha value is -1.71. The Balaban J connectivity index is 2.40. The van der Waals surface area contributed by atoms with Gasteiger partial charge in [-0.3, -0.25) is 0 Å². The molecule has 0 aromatic heterocycles. The summed E-state index contributed by atoms with van der Waals surface area (Å²) in [5, 5.41) is 2.30. The maximum absolute atomic E-state index is 11.6. The maximum atomic E-state index is 11.6. The van der Waals surface area contributed by atoms with Crippen LogP contribution in [0.3, 0.4) is 0 Å². The molecule has 0 spiro atoms. The molecule has 0 atom stereocenters. The predicted molar refractivity (Wildman–Crippen MR) is 129 cm³/mol. The SMILES string of the molecule is CS[PH](C1=CC(=S(=O)=O)CC=C1)(C1=CC(=S(=O)=O)CC=C1)C1=CC(=S(=O)=O)CC=C1. The Kier molecular flexibility index (Phi) is 7.36. The topological polar surface area (TPSA) is 102 Å². The Morgan fingerprint density at radius 2 is 0.933 bits per heavy atom. The molecule has 0 heterocycles. The van der Waals surface area contributed by atoms with Gasteiger partial charge in [0.25, 0.3) is 0 Å². The molecule has 0 amide bonds. The molecule has 0 bridgehead atoms. The van der Waals surface area contributed by atoms with Crippen molar-refractivity contribution in [3.05, 3.63) is 70.6 Å². The first kappa shape index (κ1) is 23.0. The van der Waals surface area contributed by atoms with E-state index in [-0.39, 0.29) is 33.9 Å². The first-order valence-electron chi connectivity index (χ1n) is 8.86. The third-order valence-corrected chi connectivity index (χ3v) is 15.0. The van der Waals surface area contributed by atoms with E-state index >= 15 is 0 Å². The molecule has 30 heavy (non-hydrogen) atoms. The third kappa shape index (κ3) is 4.48. The molecule has 0 aromatic rings. The summed E-state index contributed by atoms with van der Waals surface area (Å²) in [6.45, 7) is -2.97. The van der Waals surface area contributed by atoms with Gasteiger partial charge in [0, 0.05) is 0 Å². The summed E-state index contributed by atoms with van der Waals surface area (Å²) in [6, 6.07) is 0. The molecule has 0 aromatic carbocycles. The Labute approximate surface area is 184 Å². The first-order chi connectivity index (χ1) is 14.3. The molecule has 3 aliphatic rings. The third-order valence-electron chi connectivity index (χ3n) is 4.97. The quantitative estimate of drug-likeness (QED) is 0.430. The van der Waals surface area contributed by atoms with Crippen LogP contribution in [-0.2, 0) is 30.9 Å². The molecule has 0 saturated heterocycles. The zero-order chi connectivity index (χ0) is 21.9. The minimum absolute atomic E-state index is 0.243. The van der Waals surface area contributed by atoms with Gasteiger partial charge in [-0.05, 0) is 0 Å². The van der Waals surface area contributed by atoms with Gasteiger partial charge in [0.05, 0.1) is 0 Å². The predicted octanol–water partition coefficient (Wildman–Crippen LogP) is 2.70. The van der Waals surface area contributed by atoms with Gasteiger partial charge in [0.2, 0.25) is 0 Å². The summed E-state index contributed by atoms with van der Waals surface area (Å²) < 4.78 is 69.7. The zero-order valence-electron chi connectivity index (χ0n) is 15.9. The molecule has 3 aliphatic carbocycles. The zero-order valence-corrected chi connectivity index (χ0v) is 20.2. The summed E-state index contributed by atoms with van der Waals surface area (Å²) in [4.78, 5) is 0.729. The van der Waals surface area contributed by atoms with E-state index in [1.165, 1.54) is 11.4 Å². The van der Waals surface area contributed by atoms with Crippen molar-refractivity contribution in [2.75, 3.05) is 6.26 Å². The summed E-state index contributed by atoms with van der Waals surface area (Å²) in [5.74, 6) is 0. The molecular formula is C19H19O6PS4. The van der Waals surface area contributed by atoms with Crippen LogP contribution in [0.5, 0.6) is 0 Å². The van der Waals surface area contributed by atoms with E-state index in [2.05, 4.69) is 0 Å². The Morgan fingerprint density at radius 3 is 1.17 bits per heavy atom. The van der Waals surface area contributed by atoms with E-state index in [9.17, 15) is 25.3 Å². The second-order valence-corrected chi connectivity index (χ2v) is 16.2. The molecule has 11 heteroatoms. The summed E-state index contributed by atoms with van der Waals surface area (Å²) in [5.41, 5.74) is 0. The number of hydrogen-bond donors (Lipinski definition) is 0. The molecule has 0 radical (unpaired) electrons. The first-order valence-corrected chi connectivity index (χ1v) is 16.0. The van der Waals surface area contributed by atoms with E-state index in [1.54, 1.807) is 36.5 Å². The second-order valence-electron chi connectivity index (χ2n) is 6.61. The van der Waals surface area contributed by atoms with Gasteiger partial charge in [-0.15, -0.1) is 0 Å². The van der Waals surface area contributed by atoms with Crippen molar-refractivity contribution in [3.8, 4) is 0 Å². The fraction of sp³-hybridized carbons (Fsp3) is 0.211. The normalized spacial score (nSPS) is 19.2. The van der Waals surface area contributed by atoms with E-state index in [4.69, 9.17) is 0 Å². The average molecular weight is 503 g/mol. The molecule has 0 aliphatic heterocycles. The summed E-state index contributed by atoms with van der Waals surface area (Å²) in [7, 11) is -7.14. The average Bonchev–Trinajstić information content (AvgIpc) is 2.75. The van der Waals surface area contributed by atoms with Gasteiger partial charge in [0.1, 0.15) is 0 Å². The van der Waals surface area contributed by atoms with Crippen LogP contribution in [-0.4, -0.2) is 46.1 Å². The van der Waals surface area contributed by atoms with Crippen molar-refractivity contribution >= 4 is 63.3 Å². The fourth-order valence-electron chi connectivity index (χ4n) is 3.61. The van der Waals surface area contributed by atoms with Crippen LogP contribution in [0.2, 0.25) is 0 Å². The Bertz CT molecular complexity index is 1200. The van der Waals surface area contributed by atoms with Crippen molar-refractivity contribution in [2.24, 2.45) is 0 Å². The molecule has 3 rings (SSSR count). The second kappa shape index (κ2) is 9.62.